The van der Waals surface area contributed by atoms with E-state index in [1.165, 1.54) is 11.0 Å². The SMILES string of the molecule is Cc1ccc(N(CCC#N)C(=O)COC(=O)c2cc(Cl)ccc2[N+](=O)[O-])cc1. The number of aryl methyl sites for hydroxylation is 1. The fourth-order valence-electron chi connectivity index (χ4n) is 2.40. The van der Waals surface area contributed by atoms with Crippen molar-refractivity contribution < 1.29 is 19.2 Å². The zero-order valence-electron chi connectivity index (χ0n) is 14.9. The van der Waals surface area contributed by atoms with E-state index in [1.54, 1.807) is 12.1 Å². The largest absolute Gasteiger partial charge is 0.452 e. The van der Waals surface area contributed by atoms with E-state index in [4.69, 9.17) is 21.6 Å². The number of hydrogen-bond acceptors (Lipinski definition) is 6. The Morgan fingerprint density at radius 3 is 2.54 bits per heavy atom. The highest BCUT2D eigenvalue weighted by molar-refractivity contribution is 6.31. The Hall–Kier alpha value is -3.44. The summed E-state index contributed by atoms with van der Waals surface area (Å²) in [6.07, 6.45) is 0.0906. The number of rotatable bonds is 7. The lowest BCUT2D eigenvalue weighted by Gasteiger charge is -2.21. The summed E-state index contributed by atoms with van der Waals surface area (Å²) in [5.41, 5.74) is 0.734. The molecule has 0 fully saturated rings. The van der Waals surface area contributed by atoms with Gasteiger partial charge < -0.3 is 9.64 Å². The summed E-state index contributed by atoms with van der Waals surface area (Å²) in [6.45, 7) is 1.37. The van der Waals surface area contributed by atoms with Crippen molar-refractivity contribution in [2.45, 2.75) is 13.3 Å². The summed E-state index contributed by atoms with van der Waals surface area (Å²) in [6, 6.07) is 12.5. The quantitative estimate of drug-likeness (QED) is 0.397. The van der Waals surface area contributed by atoms with Crippen LogP contribution in [0.3, 0.4) is 0 Å². The average Bonchev–Trinajstić information content (AvgIpc) is 2.67. The van der Waals surface area contributed by atoms with Crippen LogP contribution in [0.25, 0.3) is 0 Å². The number of ether oxygens (including phenoxy) is 1. The molecule has 0 spiro atoms. The van der Waals surface area contributed by atoms with Gasteiger partial charge in [0.2, 0.25) is 0 Å². The van der Waals surface area contributed by atoms with Crippen molar-refractivity contribution in [3.8, 4) is 6.07 Å². The van der Waals surface area contributed by atoms with E-state index < -0.39 is 29.1 Å². The summed E-state index contributed by atoms with van der Waals surface area (Å²) in [5, 5.41) is 20.0. The first-order valence-electron chi connectivity index (χ1n) is 8.18. The van der Waals surface area contributed by atoms with Gasteiger partial charge in [-0.25, -0.2) is 4.79 Å². The highest BCUT2D eigenvalue weighted by Gasteiger charge is 2.24. The van der Waals surface area contributed by atoms with Crippen LogP contribution < -0.4 is 4.90 Å². The second kappa shape index (κ2) is 9.48. The zero-order valence-corrected chi connectivity index (χ0v) is 15.7. The fourth-order valence-corrected chi connectivity index (χ4v) is 2.57. The van der Waals surface area contributed by atoms with Gasteiger partial charge in [0, 0.05) is 23.3 Å². The van der Waals surface area contributed by atoms with Crippen molar-refractivity contribution in [2.24, 2.45) is 0 Å². The summed E-state index contributed by atoms with van der Waals surface area (Å²) in [7, 11) is 0. The van der Waals surface area contributed by atoms with Crippen LogP contribution in [0, 0.1) is 28.4 Å². The Morgan fingerprint density at radius 2 is 1.93 bits per heavy atom. The predicted octanol–water partition coefficient (Wildman–Crippen LogP) is 3.66. The number of nitriles is 1. The van der Waals surface area contributed by atoms with Crippen molar-refractivity contribution >= 4 is 34.9 Å². The minimum absolute atomic E-state index is 0.0906. The average molecular weight is 402 g/mol. The maximum absolute atomic E-state index is 12.5. The molecule has 2 aromatic carbocycles. The molecular weight excluding hydrogens is 386 g/mol. The molecule has 8 nitrogen and oxygen atoms in total. The molecule has 0 heterocycles. The molecular formula is C19H16ClN3O5. The van der Waals surface area contributed by atoms with Gasteiger partial charge in [-0.05, 0) is 31.2 Å². The number of hydrogen-bond donors (Lipinski definition) is 0. The Morgan fingerprint density at radius 1 is 1.25 bits per heavy atom. The number of halogens is 1. The predicted molar refractivity (Wildman–Crippen MR) is 102 cm³/mol. The molecule has 0 unspecified atom stereocenters. The van der Waals surface area contributed by atoms with Crippen molar-refractivity contribution in [3.05, 3.63) is 68.7 Å². The van der Waals surface area contributed by atoms with E-state index in [2.05, 4.69) is 0 Å². The molecule has 0 saturated heterocycles. The third kappa shape index (κ3) is 5.28. The maximum atomic E-state index is 12.5. The minimum Gasteiger partial charge on any atom is -0.452 e. The van der Waals surface area contributed by atoms with Crippen LogP contribution >= 0.6 is 11.6 Å². The van der Waals surface area contributed by atoms with Crippen LogP contribution in [-0.2, 0) is 9.53 Å². The first kappa shape index (κ1) is 20.9. The van der Waals surface area contributed by atoms with E-state index in [0.717, 1.165) is 17.7 Å². The minimum atomic E-state index is -1.04. The van der Waals surface area contributed by atoms with Crippen LogP contribution in [0.5, 0.6) is 0 Å². The van der Waals surface area contributed by atoms with Crippen LogP contribution in [0.4, 0.5) is 11.4 Å². The van der Waals surface area contributed by atoms with E-state index in [9.17, 15) is 19.7 Å². The lowest BCUT2D eigenvalue weighted by Crippen LogP contribution is -2.35. The standard InChI is InChI=1S/C19H16ClN3O5/c1-13-3-6-15(7-4-13)22(10-2-9-21)18(24)12-28-19(25)16-11-14(20)5-8-17(16)23(26)27/h3-8,11H,2,10,12H2,1H3. The molecule has 0 aromatic heterocycles. The normalized spacial score (nSPS) is 10.0. The molecule has 144 valence electrons. The Kier molecular flexibility index (Phi) is 7.07. The number of anilines is 1. The van der Waals surface area contributed by atoms with Gasteiger partial charge in [0.25, 0.3) is 11.6 Å². The Bertz CT molecular complexity index is 938. The number of esters is 1. The maximum Gasteiger partial charge on any atom is 0.345 e. The molecule has 0 N–H and O–H groups in total. The molecule has 0 aliphatic heterocycles. The lowest BCUT2D eigenvalue weighted by atomic mass is 10.2. The van der Waals surface area contributed by atoms with Gasteiger partial charge in [0.1, 0.15) is 5.56 Å². The lowest BCUT2D eigenvalue weighted by molar-refractivity contribution is -0.385. The van der Waals surface area contributed by atoms with Crippen LogP contribution in [-0.4, -0.2) is 30.0 Å². The molecule has 0 radical (unpaired) electrons. The zero-order chi connectivity index (χ0) is 20.7. The molecule has 1 amide bonds. The molecule has 9 heteroatoms. The first-order chi connectivity index (χ1) is 13.3. The van der Waals surface area contributed by atoms with Gasteiger partial charge >= 0.3 is 5.97 Å². The van der Waals surface area contributed by atoms with Gasteiger partial charge in [-0.1, -0.05) is 29.3 Å². The second-order valence-electron chi connectivity index (χ2n) is 5.78. The molecule has 0 aliphatic rings. The number of nitro groups is 1. The molecule has 0 saturated carbocycles. The molecule has 2 rings (SSSR count). The van der Waals surface area contributed by atoms with Crippen molar-refractivity contribution in [1.29, 1.82) is 5.26 Å². The smallest absolute Gasteiger partial charge is 0.345 e. The van der Waals surface area contributed by atoms with Gasteiger partial charge in [-0.3, -0.25) is 14.9 Å². The number of amides is 1. The van der Waals surface area contributed by atoms with Gasteiger partial charge in [-0.15, -0.1) is 0 Å². The van der Waals surface area contributed by atoms with E-state index in [0.29, 0.717) is 5.69 Å². The highest BCUT2D eigenvalue weighted by Crippen LogP contribution is 2.23. The number of nitrogens with zero attached hydrogens (tertiary/aromatic N) is 3. The van der Waals surface area contributed by atoms with Crippen molar-refractivity contribution in [2.75, 3.05) is 18.1 Å². The summed E-state index contributed by atoms with van der Waals surface area (Å²) in [5.74, 6) is -1.59. The molecule has 0 aliphatic carbocycles. The first-order valence-corrected chi connectivity index (χ1v) is 8.56. The third-order valence-corrected chi connectivity index (χ3v) is 4.03. The van der Waals surface area contributed by atoms with Crippen LogP contribution in [0.15, 0.2) is 42.5 Å². The number of benzene rings is 2. The molecule has 2 aromatic rings. The molecule has 0 bridgehead atoms. The van der Waals surface area contributed by atoms with Gasteiger partial charge in [0.05, 0.1) is 17.4 Å². The second-order valence-corrected chi connectivity index (χ2v) is 6.22. The number of carbonyl (C=O) groups is 2. The summed E-state index contributed by atoms with van der Waals surface area (Å²) >= 11 is 5.79. The summed E-state index contributed by atoms with van der Waals surface area (Å²) < 4.78 is 4.97. The topological polar surface area (TPSA) is 114 Å². The summed E-state index contributed by atoms with van der Waals surface area (Å²) in [4.78, 5) is 36.4. The van der Waals surface area contributed by atoms with Gasteiger partial charge in [-0.2, -0.15) is 5.26 Å². The van der Waals surface area contributed by atoms with Crippen LogP contribution in [0.2, 0.25) is 5.02 Å². The van der Waals surface area contributed by atoms with E-state index >= 15 is 0 Å². The fraction of sp³-hybridized carbons (Fsp3) is 0.211. The van der Waals surface area contributed by atoms with Crippen molar-refractivity contribution in [3.63, 3.8) is 0 Å². The molecule has 28 heavy (non-hydrogen) atoms. The Labute approximate surface area is 166 Å². The number of carbonyl (C=O) groups excluding carboxylic acids is 2. The number of nitro benzene ring substituents is 1. The Balaban J connectivity index is 2.15. The van der Waals surface area contributed by atoms with E-state index in [1.807, 2.05) is 25.1 Å². The monoisotopic (exact) mass is 401 g/mol. The van der Waals surface area contributed by atoms with Crippen molar-refractivity contribution in [1.82, 2.24) is 0 Å². The molecule has 0 atom stereocenters. The highest BCUT2D eigenvalue weighted by atomic mass is 35.5. The van der Waals surface area contributed by atoms with E-state index in [-0.39, 0.29) is 23.6 Å². The third-order valence-electron chi connectivity index (χ3n) is 3.80. The van der Waals surface area contributed by atoms with Crippen LogP contribution in [0.1, 0.15) is 22.3 Å². The van der Waals surface area contributed by atoms with Gasteiger partial charge in [0.15, 0.2) is 6.61 Å².